The van der Waals surface area contributed by atoms with Crippen LogP contribution in [0.4, 0.5) is 0 Å². The highest BCUT2D eigenvalue weighted by atomic mass is 16.5. The Morgan fingerprint density at radius 2 is 2.05 bits per heavy atom. The van der Waals surface area contributed by atoms with Crippen LogP contribution in [0.15, 0.2) is 41.1 Å². The molecule has 22 heavy (non-hydrogen) atoms. The normalized spacial score (nSPS) is 21.5. The molecule has 0 aromatic heterocycles. The summed E-state index contributed by atoms with van der Waals surface area (Å²) in [5.41, 5.74) is 2.49. The minimum absolute atomic E-state index is 0.0677. The number of ether oxygens (including phenoxy) is 2. The molecule has 0 radical (unpaired) electrons. The van der Waals surface area contributed by atoms with Gasteiger partial charge < -0.3 is 14.6 Å². The maximum atomic E-state index is 11.8. The lowest BCUT2D eigenvalue weighted by Crippen LogP contribution is -2.50. The van der Waals surface area contributed by atoms with Gasteiger partial charge in [-0.05, 0) is 45.1 Å². The lowest BCUT2D eigenvalue weighted by molar-refractivity contribution is -0.139. The number of hydrogen-bond acceptors (Lipinski definition) is 4. The first-order valence-electron chi connectivity index (χ1n) is 7.52. The van der Waals surface area contributed by atoms with Gasteiger partial charge in [0.25, 0.3) is 0 Å². The van der Waals surface area contributed by atoms with Crippen molar-refractivity contribution in [2.24, 2.45) is 5.92 Å². The van der Waals surface area contributed by atoms with Crippen molar-refractivity contribution in [3.63, 3.8) is 0 Å². The van der Waals surface area contributed by atoms with E-state index < -0.39 is 11.4 Å². The number of methoxy groups -OCH3 is 2. The monoisotopic (exact) mass is 306 g/mol. The van der Waals surface area contributed by atoms with E-state index >= 15 is 0 Å². The maximum Gasteiger partial charge on any atom is 0.245 e. The van der Waals surface area contributed by atoms with Crippen LogP contribution in [0.3, 0.4) is 0 Å². The van der Waals surface area contributed by atoms with Gasteiger partial charge in [0.1, 0.15) is 0 Å². The molecule has 2 atom stereocenters. The summed E-state index contributed by atoms with van der Waals surface area (Å²) in [6.45, 7) is 6.36. The zero-order valence-electron chi connectivity index (χ0n) is 14.1. The van der Waals surface area contributed by atoms with Crippen molar-refractivity contribution < 1.29 is 19.4 Å². The molecular weight excluding hydrogens is 280 g/mol. The summed E-state index contributed by atoms with van der Waals surface area (Å²) in [7, 11) is 2.77. The lowest BCUT2D eigenvalue weighted by atomic mass is 9.83. The third-order valence-corrected chi connectivity index (χ3v) is 3.66. The number of carbonyl (C=O) groups is 1. The summed E-state index contributed by atoms with van der Waals surface area (Å²) < 4.78 is 9.91. The Morgan fingerprint density at radius 1 is 1.36 bits per heavy atom. The van der Waals surface area contributed by atoms with Crippen LogP contribution in [0.2, 0.25) is 0 Å². The minimum atomic E-state index is -1.73. The van der Waals surface area contributed by atoms with Gasteiger partial charge in [-0.2, -0.15) is 0 Å². The molecule has 0 aromatic carbocycles. The van der Waals surface area contributed by atoms with E-state index in [1.165, 1.54) is 25.9 Å². The van der Waals surface area contributed by atoms with E-state index in [0.29, 0.717) is 5.92 Å². The topological polar surface area (TPSA) is 55.8 Å². The van der Waals surface area contributed by atoms with E-state index in [1.54, 1.807) is 0 Å². The molecule has 0 fully saturated rings. The third kappa shape index (κ3) is 4.12. The van der Waals surface area contributed by atoms with Crippen LogP contribution in [0.1, 0.15) is 40.0 Å². The molecule has 1 aliphatic rings. The molecule has 0 amide bonds. The summed E-state index contributed by atoms with van der Waals surface area (Å²) in [5.74, 6) is 0.232. The standard InChI is InChI=1S/C18H26O4/c1-13(2)9-8-11-14(3)10-6-7-12-18(20)16(19)15(21-4)17(18)22-5/h6,9,12,14,20H,8,10-11H2,1-5H3/t7?,14-,18?/m0/s1. The smallest absolute Gasteiger partial charge is 0.245 e. The van der Waals surface area contributed by atoms with E-state index in [2.05, 4.69) is 32.6 Å². The number of allylic oxidation sites excluding steroid dienone is 2. The molecule has 0 saturated carbocycles. The first-order chi connectivity index (χ1) is 10.4. The largest absolute Gasteiger partial charge is 0.493 e. The number of rotatable bonds is 8. The second kappa shape index (κ2) is 8.02. The van der Waals surface area contributed by atoms with Gasteiger partial charge in [0.15, 0.2) is 5.76 Å². The van der Waals surface area contributed by atoms with Crippen molar-refractivity contribution in [3.8, 4) is 0 Å². The second-order valence-corrected chi connectivity index (χ2v) is 5.88. The zero-order valence-corrected chi connectivity index (χ0v) is 14.1. The summed E-state index contributed by atoms with van der Waals surface area (Å²) in [5, 5.41) is 10.2. The number of ketones is 1. The fourth-order valence-electron chi connectivity index (χ4n) is 2.28. The Kier molecular flexibility index (Phi) is 6.66. The lowest BCUT2D eigenvalue weighted by Gasteiger charge is -2.33. The first-order valence-corrected chi connectivity index (χ1v) is 7.52. The Morgan fingerprint density at radius 3 is 2.59 bits per heavy atom. The highest BCUT2D eigenvalue weighted by Crippen LogP contribution is 2.36. The summed E-state index contributed by atoms with van der Waals surface area (Å²) in [6.07, 6.45) is 8.42. The number of hydrogen-bond donors (Lipinski definition) is 1. The highest BCUT2D eigenvalue weighted by Gasteiger charge is 2.54. The van der Waals surface area contributed by atoms with Crippen LogP contribution in [0.25, 0.3) is 0 Å². The summed E-state index contributed by atoms with van der Waals surface area (Å²) in [6, 6.07) is 0. The molecule has 1 N–H and O–H groups in total. The molecule has 1 rings (SSSR count). The summed E-state index contributed by atoms with van der Waals surface area (Å²) in [4.78, 5) is 11.8. The van der Waals surface area contributed by atoms with Gasteiger partial charge in [-0.25, -0.2) is 0 Å². The number of aliphatic hydroxyl groups is 1. The van der Waals surface area contributed by atoms with E-state index in [1.807, 2.05) is 6.08 Å². The average Bonchev–Trinajstić information content (AvgIpc) is 2.47. The highest BCUT2D eigenvalue weighted by molar-refractivity contribution is 6.11. The van der Waals surface area contributed by atoms with Gasteiger partial charge in [-0.1, -0.05) is 18.6 Å². The van der Waals surface area contributed by atoms with Crippen LogP contribution in [-0.2, 0) is 14.3 Å². The second-order valence-electron chi connectivity index (χ2n) is 5.88. The van der Waals surface area contributed by atoms with E-state index in [0.717, 1.165) is 19.3 Å². The molecule has 1 aliphatic carbocycles. The van der Waals surface area contributed by atoms with Crippen molar-refractivity contribution in [2.75, 3.05) is 14.2 Å². The Hall–Kier alpha value is -1.77. The van der Waals surface area contributed by atoms with Crippen LogP contribution in [-0.4, -0.2) is 30.7 Å². The molecule has 0 heterocycles. The Bertz CT molecular complexity index is 531. The fourth-order valence-corrected chi connectivity index (χ4v) is 2.28. The van der Waals surface area contributed by atoms with Gasteiger partial charge in [0.05, 0.1) is 14.2 Å². The third-order valence-electron chi connectivity index (χ3n) is 3.66. The molecule has 122 valence electrons. The molecule has 4 heteroatoms. The molecule has 0 aromatic rings. The maximum absolute atomic E-state index is 11.8. The molecule has 0 spiro atoms. The molecule has 0 saturated heterocycles. The van der Waals surface area contributed by atoms with Gasteiger partial charge in [0.2, 0.25) is 17.1 Å². The van der Waals surface area contributed by atoms with Crippen molar-refractivity contribution >= 4 is 5.78 Å². The zero-order chi connectivity index (χ0) is 16.8. The Balaban J connectivity index is 2.60. The van der Waals surface area contributed by atoms with E-state index in [-0.39, 0.29) is 11.5 Å². The van der Waals surface area contributed by atoms with Crippen molar-refractivity contribution in [1.82, 2.24) is 0 Å². The van der Waals surface area contributed by atoms with Crippen LogP contribution in [0, 0.1) is 5.92 Å². The molecule has 1 unspecified atom stereocenters. The van der Waals surface area contributed by atoms with Crippen LogP contribution >= 0.6 is 0 Å². The van der Waals surface area contributed by atoms with E-state index in [9.17, 15) is 9.90 Å². The van der Waals surface area contributed by atoms with Gasteiger partial charge in [-0.15, -0.1) is 5.73 Å². The number of Topliss-reactive ketones (excluding diaryl/α,β-unsaturated/α-hetero) is 1. The molecule has 4 nitrogen and oxygen atoms in total. The van der Waals surface area contributed by atoms with E-state index in [4.69, 9.17) is 9.47 Å². The minimum Gasteiger partial charge on any atom is -0.493 e. The van der Waals surface area contributed by atoms with Crippen LogP contribution in [0.5, 0.6) is 0 Å². The average molecular weight is 306 g/mol. The van der Waals surface area contributed by atoms with Crippen molar-refractivity contribution in [1.29, 1.82) is 0 Å². The van der Waals surface area contributed by atoms with Crippen molar-refractivity contribution in [2.45, 2.75) is 45.6 Å². The van der Waals surface area contributed by atoms with Crippen LogP contribution < -0.4 is 0 Å². The first kappa shape index (κ1) is 18.3. The molecular formula is C18H26O4. The molecule has 0 bridgehead atoms. The van der Waals surface area contributed by atoms with Crippen molar-refractivity contribution in [3.05, 3.63) is 41.1 Å². The molecule has 0 aliphatic heterocycles. The fraction of sp³-hybridized carbons (Fsp3) is 0.556. The van der Waals surface area contributed by atoms with Gasteiger partial charge in [0, 0.05) is 6.08 Å². The predicted molar refractivity (Wildman–Crippen MR) is 86.1 cm³/mol. The summed E-state index contributed by atoms with van der Waals surface area (Å²) >= 11 is 0. The SMILES string of the molecule is COC1=C(OC)C(O)(C=C=CC[C@H](C)CCC=C(C)C)C1=O. The quantitative estimate of drug-likeness (QED) is 0.552. The Labute approximate surface area is 132 Å². The van der Waals surface area contributed by atoms with Gasteiger partial charge in [-0.3, -0.25) is 4.79 Å². The predicted octanol–water partition coefficient (Wildman–Crippen LogP) is 3.29. The van der Waals surface area contributed by atoms with Gasteiger partial charge >= 0.3 is 0 Å². The number of carbonyl (C=O) groups excluding carboxylic acids is 1.